The molecule has 2 heterocycles. The zero-order chi connectivity index (χ0) is 14.9. The summed E-state index contributed by atoms with van der Waals surface area (Å²) in [6.07, 6.45) is 7.16. The highest BCUT2D eigenvalue weighted by molar-refractivity contribution is 8.01. The lowest BCUT2D eigenvalue weighted by atomic mass is 10.1. The van der Waals surface area contributed by atoms with E-state index in [1.54, 1.807) is 0 Å². The molecule has 0 bridgehead atoms. The maximum absolute atomic E-state index is 12.3. The van der Waals surface area contributed by atoms with Gasteiger partial charge >= 0.3 is 0 Å². The van der Waals surface area contributed by atoms with E-state index in [0.29, 0.717) is 5.75 Å². The van der Waals surface area contributed by atoms with Gasteiger partial charge in [0.05, 0.1) is 5.75 Å². The highest BCUT2D eigenvalue weighted by Gasteiger charge is 2.16. The summed E-state index contributed by atoms with van der Waals surface area (Å²) in [4.78, 5) is 14.3. The Kier molecular flexibility index (Phi) is 7.29. The summed E-state index contributed by atoms with van der Waals surface area (Å²) in [6.45, 7) is 4.86. The Balaban J connectivity index is 1.75. The van der Waals surface area contributed by atoms with Crippen molar-refractivity contribution in [2.45, 2.75) is 49.8 Å². The van der Waals surface area contributed by atoms with Gasteiger partial charge < -0.3 is 10.2 Å². The predicted octanol–water partition coefficient (Wildman–Crippen LogP) is 3.24. The third-order valence-electron chi connectivity index (χ3n) is 3.46. The Morgan fingerprint density at radius 1 is 1.24 bits per heavy atom. The summed E-state index contributed by atoms with van der Waals surface area (Å²) >= 11 is 3.03. The van der Waals surface area contributed by atoms with Crippen molar-refractivity contribution in [3.8, 4) is 0 Å². The summed E-state index contributed by atoms with van der Waals surface area (Å²) in [7, 11) is 0. The molecule has 1 aromatic rings. The highest BCUT2D eigenvalue weighted by Crippen LogP contribution is 2.25. The molecule has 0 unspecified atom stereocenters. The van der Waals surface area contributed by atoms with Crippen LogP contribution in [0.25, 0.3) is 0 Å². The van der Waals surface area contributed by atoms with E-state index < -0.39 is 0 Å². The molecule has 5 nitrogen and oxygen atoms in total. The van der Waals surface area contributed by atoms with Crippen LogP contribution < -0.4 is 5.32 Å². The Labute approximate surface area is 134 Å². The van der Waals surface area contributed by atoms with Crippen molar-refractivity contribution in [1.82, 2.24) is 15.1 Å². The third kappa shape index (κ3) is 5.82. The molecule has 1 fully saturated rings. The van der Waals surface area contributed by atoms with Gasteiger partial charge in [-0.15, -0.1) is 10.2 Å². The minimum Gasteiger partial charge on any atom is -0.360 e. The van der Waals surface area contributed by atoms with Gasteiger partial charge in [0.15, 0.2) is 4.34 Å². The molecular formula is C14H24N4OS2. The summed E-state index contributed by atoms with van der Waals surface area (Å²) in [6, 6.07) is 0. The van der Waals surface area contributed by atoms with Crippen molar-refractivity contribution in [2.75, 3.05) is 30.7 Å². The van der Waals surface area contributed by atoms with E-state index in [1.807, 2.05) is 4.90 Å². The summed E-state index contributed by atoms with van der Waals surface area (Å²) in [5, 5.41) is 12.3. The first-order chi connectivity index (χ1) is 10.3. The second-order valence-electron chi connectivity index (χ2n) is 5.24. The standard InChI is InChI=1S/C14H24N4OS2/c1-2-8-15-13-16-17-14(21-13)20-11-12(19)18-9-6-4-3-5-7-10-18/h2-11H2,1H3,(H,15,16). The van der Waals surface area contributed by atoms with Crippen LogP contribution in [0.15, 0.2) is 4.34 Å². The van der Waals surface area contributed by atoms with Crippen molar-refractivity contribution in [3.05, 3.63) is 0 Å². The molecule has 1 N–H and O–H groups in total. The smallest absolute Gasteiger partial charge is 0.233 e. The Hall–Kier alpha value is -0.820. The van der Waals surface area contributed by atoms with Crippen LogP contribution >= 0.6 is 23.1 Å². The van der Waals surface area contributed by atoms with Gasteiger partial charge in [-0.3, -0.25) is 4.79 Å². The van der Waals surface area contributed by atoms with E-state index >= 15 is 0 Å². The summed E-state index contributed by atoms with van der Waals surface area (Å²) in [5.74, 6) is 0.711. The number of aromatic nitrogens is 2. The number of thioether (sulfide) groups is 1. The van der Waals surface area contributed by atoms with Gasteiger partial charge in [0.2, 0.25) is 11.0 Å². The lowest BCUT2D eigenvalue weighted by Gasteiger charge is -2.24. The molecule has 0 saturated carbocycles. The van der Waals surface area contributed by atoms with Gasteiger partial charge in [-0.2, -0.15) is 0 Å². The first-order valence-corrected chi connectivity index (χ1v) is 9.57. The first-order valence-electron chi connectivity index (χ1n) is 7.77. The van der Waals surface area contributed by atoms with Crippen LogP contribution in [0.2, 0.25) is 0 Å². The van der Waals surface area contributed by atoms with Gasteiger partial charge in [-0.1, -0.05) is 49.3 Å². The number of carbonyl (C=O) groups is 1. The van der Waals surface area contributed by atoms with Gasteiger partial charge in [-0.25, -0.2) is 0 Å². The second-order valence-corrected chi connectivity index (χ2v) is 7.44. The number of amides is 1. The second kappa shape index (κ2) is 9.25. The van der Waals surface area contributed by atoms with E-state index in [9.17, 15) is 4.79 Å². The van der Waals surface area contributed by atoms with E-state index in [2.05, 4.69) is 22.4 Å². The summed E-state index contributed by atoms with van der Waals surface area (Å²) in [5.41, 5.74) is 0. The van der Waals surface area contributed by atoms with Crippen LogP contribution in [0.5, 0.6) is 0 Å². The molecule has 118 valence electrons. The fourth-order valence-electron chi connectivity index (χ4n) is 2.28. The Morgan fingerprint density at radius 2 is 1.95 bits per heavy atom. The normalized spacial score (nSPS) is 16.3. The minimum atomic E-state index is 0.236. The monoisotopic (exact) mass is 328 g/mol. The quantitative estimate of drug-likeness (QED) is 0.812. The van der Waals surface area contributed by atoms with Crippen LogP contribution in [0.4, 0.5) is 5.13 Å². The molecule has 0 spiro atoms. The number of hydrogen-bond acceptors (Lipinski definition) is 6. The third-order valence-corrected chi connectivity index (χ3v) is 5.46. The maximum Gasteiger partial charge on any atom is 0.233 e. The topological polar surface area (TPSA) is 58.1 Å². The Morgan fingerprint density at radius 3 is 2.67 bits per heavy atom. The maximum atomic E-state index is 12.3. The highest BCUT2D eigenvalue weighted by atomic mass is 32.2. The first kappa shape index (κ1) is 16.5. The number of likely N-dealkylation sites (tertiary alicyclic amines) is 1. The van der Waals surface area contributed by atoms with Crippen LogP contribution in [-0.4, -0.2) is 46.4 Å². The lowest BCUT2D eigenvalue weighted by molar-refractivity contribution is -0.128. The van der Waals surface area contributed by atoms with Crippen LogP contribution in [-0.2, 0) is 4.79 Å². The van der Waals surface area contributed by atoms with Crippen molar-refractivity contribution in [3.63, 3.8) is 0 Å². The summed E-state index contributed by atoms with van der Waals surface area (Å²) < 4.78 is 0.869. The largest absolute Gasteiger partial charge is 0.360 e. The van der Waals surface area contributed by atoms with Crippen LogP contribution in [0.1, 0.15) is 45.4 Å². The van der Waals surface area contributed by atoms with Crippen LogP contribution in [0.3, 0.4) is 0 Å². The SMILES string of the molecule is CCCNc1nnc(SCC(=O)N2CCCCCCC2)s1. The van der Waals surface area contributed by atoms with Crippen molar-refractivity contribution in [2.24, 2.45) is 0 Å². The fourth-order valence-corrected chi connectivity index (χ4v) is 3.96. The van der Waals surface area contributed by atoms with Crippen molar-refractivity contribution < 1.29 is 4.79 Å². The molecular weight excluding hydrogens is 304 g/mol. The van der Waals surface area contributed by atoms with Crippen LogP contribution in [0, 0.1) is 0 Å². The number of rotatable bonds is 6. The molecule has 7 heteroatoms. The molecule has 1 amide bonds. The lowest BCUT2D eigenvalue weighted by Crippen LogP contribution is -2.35. The van der Waals surface area contributed by atoms with Crippen molar-refractivity contribution >= 4 is 34.1 Å². The number of hydrogen-bond donors (Lipinski definition) is 1. The van der Waals surface area contributed by atoms with E-state index in [4.69, 9.17) is 0 Å². The molecule has 21 heavy (non-hydrogen) atoms. The van der Waals surface area contributed by atoms with Gasteiger partial charge in [0.25, 0.3) is 0 Å². The average Bonchev–Trinajstić information content (AvgIpc) is 2.90. The molecule has 2 rings (SSSR count). The van der Waals surface area contributed by atoms with E-state index in [1.165, 1.54) is 42.4 Å². The molecule has 0 aliphatic carbocycles. The minimum absolute atomic E-state index is 0.236. The molecule has 1 aliphatic heterocycles. The van der Waals surface area contributed by atoms with Crippen molar-refractivity contribution in [1.29, 1.82) is 0 Å². The van der Waals surface area contributed by atoms with Gasteiger partial charge in [-0.05, 0) is 19.3 Å². The number of nitrogens with one attached hydrogen (secondary N) is 1. The van der Waals surface area contributed by atoms with E-state index in [-0.39, 0.29) is 5.91 Å². The molecule has 1 aromatic heterocycles. The molecule has 1 aliphatic rings. The predicted molar refractivity (Wildman–Crippen MR) is 89.1 cm³/mol. The van der Waals surface area contributed by atoms with Gasteiger partial charge in [0.1, 0.15) is 0 Å². The molecule has 0 atom stereocenters. The molecule has 0 aromatic carbocycles. The molecule has 0 radical (unpaired) electrons. The van der Waals surface area contributed by atoms with Gasteiger partial charge in [0, 0.05) is 19.6 Å². The number of anilines is 1. The molecule has 1 saturated heterocycles. The fraction of sp³-hybridized carbons (Fsp3) is 0.786. The zero-order valence-electron chi connectivity index (χ0n) is 12.6. The van der Waals surface area contributed by atoms with E-state index in [0.717, 1.165) is 48.4 Å². The number of nitrogens with zero attached hydrogens (tertiary/aromatic N) is 3. The number of carbonyl (C=O) groups excluding carboxylic acids is 1. The zero-order valence-corrected chi connectivity index (χ0v) is 14.3. The average molecular weight is 329 g/mol. The Bertz CT molecular complexity index is 430.